The molecule has 0 aromatic heterocycles. The highest BCUT2D eigenvalue weighted by Crippen LogP contribution is 2.25. The zero-order valence-electron chi connectivity index (χ0n) is 11.6. The number of methoxy groups -OCH3 is 1. The minimum Gasteiger partial charge on any atom is -0.467 e. The molecule has 2 heterocycles. The number of hydrogen-bond donors (Lipinski definition) is 1. The van der Waals surface area contributed by atoms with Gasteiger partial charge in [0.1, 0.15) is 6.04 Å². The average Bonchev–Trinajstić information content (AvgIpc) is 2.47. The molecule has 1 amide bonds. The summed E-state index contributed by atoms with van der Waals surface area (Å²) < 4.78 is 16.0. The van der Waals surface area contributed by atoms with Gasteiger partial charge in [-0.2, -0.15) is 0 Å². The van der Waals surface area contributed by atoms with E-state index < -0.39 is 18.1 Å². The number of carbonyl (C=O) groups excluding carboxylic acids is 1. The molecule has 7 heteroatoms. The van der Waals surface area contributed by atoms with E-state index in [0.717, 1.165) is 24.2 Å². The van der Waals surface area contributed by atoms with Gasteiger partial charge in [0.25, 0.3) is 0 Å². The van der Waals surface area contributed by atoms with Crippen molar-refractivity contribution in [3.8, 4) is 0 Å². The summed E-state index contributed by atoms with van der Waals surface area (Å²) in [6, 6.07) is -0.792. The molecule has 0 aromatic rings. The Morgan fingerprint density at radius 2 is 2.10 bits per heavy atom. The third-order valence-corrected chi connectivity index (χ3v) is 3.76. The maximum absolute atomic E-state index is 11.7. The number of rotatable bonds is 3. The second-order valence-electron chi connectivity index (χ2n) is 5.09. The largest absolute Gasteiger partial charge is 0.467 e. The lowest BCUT2D eigenvalue weighted by atomic mass is 9.99. The predicted molar refractivity (Wildman–Crippen MR) is 68.2 cm³/mol. The van der Waals surface area contributed by atoms with Crippen LogP contribution in [-0.4, -0.2) is 60.8 Å². The van der Waals surface area contributed by atoms with Crippen LogP contribution in [0.5, 0.6) is 0 Å². The number of esters is 1. The Hall–Kier alpha value is -1.34. The summed E-state index contributed by atoms with van der Waals surface area (Å²) >= 11 is 0. The molecule has 2 aliphatic rings. The van der Waals surface area contributed by atoms with Gasteiger partial charge >= 0.3 is 12.1 Å². The van der Waals surface area contributed by atoms with Crippen molar-refractivity contribution >= 4 is 12.1 Å². The van der Waals surface area contributed by atoms with Gasteiger partial charge < -0.3 is 19.3 Å². The Bertz CT molecular complexity index is 355. The molecule has 0 bridgehead atoms. The van der Waals surface area contributed by atoms with Gasteiger partial charge in [-0.1, -0.05) is 0 Å². The van der Waals surface area contributed by atoms with E-state index in [0.29, 0.717) is 19.4 Å². The maximum Gasteiger partial charge on any atom is 0.408 e. The van der Waals surface area contributed by atoms with E-state index >= 15 is 0 Å². The van der Waals surface area contributed by atoms with Crippen LogP contribution in [0.3, 0.4) is 0 Å². The molecular weight excluding hydrogens is 266 g/mol. The number of carboxylic acid groups (broad SMARTS) is 1. The molecule has 2 rings (SSSR count). The van der Waals surface area contributed by atoms with Gasteiger partial charge in [-0.05, 0) is 25.7 Å². The van der Waals surface area contributed by atoms with Crippen molar-refractivity contribution in [2.24, 2.45) is 0 Å². The van der Waals surface area contributed by atoms with Gasteiger partial charge in [0.05, 0.1) is 13.2 Å². The first-order valence-corrected chi connectivity index (χ1v) is 6.96. The van der Waals surface area contributed by atoms with Crippen molar-refractivity contribution in [1.29, 1.82) is 0 Å². The molecule has 3 atom stereocenters. The summed E-state index contributed by atoms with van der Waals surface area (Å²) in [5.74, 6) is -0.537. The Morgan fingerprint density at radius 3 is 2.70 bits per heavy atom. The molecule has 2 aliphatic heterocycles. The SMILES string of the molecule is COC(=O)C1CC(OC2CCCCO2)CCN1C(=O)O. The molecule has 20 heavy (non-hydrogen) atoms. The van der Waals surface area contributed by atoms with Crippen LogP contribution in [0.2, 0.25) is 0 Å². The van der Waals surface area contributed by atoms with Gasteiger partial charge in [-0.3, -0.25) is 4.90 Å². The van der Waals surface area contributed by atoms with Crippen LogP contribution in [0.4, 0.5) is 4.79 Å². The zero-order chi connectivity index (χ0) is 14.5. The monoisotopic (exact) mass is 287 g/mol. The fourth-order valence-corrected chi connectivity index (χ4v) is 2.68. The lowest BCUT2D eigenvalue weighted by Gasteiger charge is -2.37. The van der Waals surface area contributed by atoms with Crippen molar-refractivity contribution in [3.63, 3.8) is 0 Å². The predicted octanol–water partition coefficient (Wildman–Crippen LogP) is 1.21. The third kappa shape index (κ3) is 3.61. The first-order chi connectivity index (χ1) is 9.61. The fraction of sp³-hybridized carbons (Fsp3) is 0.846. The lowest BCUT2D eigenvalue weighted by molar-refractivity contribution is -0.199. The molecule has 2 saturated heterocycles. The Kier molecular flexibility index (Phi) is 5.19. The van der Waals surface area contributed by atoms with Gasteiger partial charge in [-0.25, -0.2) is 9.59 Å². The van der Waals surface area contributed by atoms with E-state index in [-0.39, 0.29) is 18.9 Å². The normalized spacial score (nSPS) is 30.9. The number of hydrogen-bond acceptors (Lipinski definition) is 5. The standard InChI is InChI=1S/C13H21NO6/c1-18-12(15)10-8-9(5-6-14(10)13(16)17)20-11-4-2-3-7-19-11/h9-11H,2-8H2,1H3,(H,16,17). The number of piperidine rings is 1. The summed E-state index contributed by atoms with van der Waals surface area (Å²) in [4.78, 5) is 24.0. The Morgan fingerprint density at radius 1 is 1.30 bits per heavy atom. The molecule has 0 saturated carbocycles. The summed E-state index contributed by atoms with van der Waals surface area (Å²) in [6.45, 7) is 0.964. The molecule has 0 radical (unpaired) electrons. The number of likely N-dealkylation sites (tertiary alicyclic amines) is 1. The molecule has 114 valence electrons. The fourth-order valence-electron chi connectivity index (χ4n) is 2.68. The smallest absolute Gasteiger partial charge is 0.408 e. The molecular formula is C13H21NO6. The summed E-state index contributed by atoms with van der Waals surface area (Å²) in [7, 11) is 1.26. The van der Waals surface area contributed by atoms with E-state index in [1.54, 1.807) is 0 Å². The maximum atomic E-state index is 11.7. The molecule has 0 spiro atoms. The minimum absolute atomic E-state index is 0.169. The van der Waals surface area contributed by atoms with Crippen LogP contribution < -0.4 is 0 Å². The van der Waals surface area contributed by atoms with Crippen molar-refractivity contribution in [2.75, 3.05) is 20.3 Å². The van der Waals surface area contributed by atoms with Crippen molar-refractivity contribution in [1.82, 2.24) is 4.90 Å². The molecule has 0 aliphatic carbocycles. The Labute approximate surface area is 117 Å². The highest BCUT2D eigenvalue weighted by molar-refractivity contribution is 5.81. The van der Waals surface area contributed by atoms with E-state index in [2.05, 4.69) is 4.74 Å². The van der Waals surface area contributed by atoms with Gasteiger partial charge in [0.15, 0.2) is 6.29 Å². The summed E-state index contributed by atoms with van der Waals surface area (Å²) in [5, 5.41) is 9.11. The van der Waals surface area contributed by atoms with E-state index in [4.69, 9.17) is 14.6 Å². The van der Waals surface area contributed by atoms with Crippen LogP contribution >= 0.6 is 0 Å². The van der Waals surface area contributed by atoms with Gasteiger partial charge in [0.2, 0.25) is 0 Å². The third-order valence-electron chi connectivity index (χ3n) is 3.76. The molecule has 0 aromatic carbocycles. The summed E-state index contributed by atoms with van der Waals surface area (Å²) in [6.07, 6.45) is 2.34. The van der Waals surface area contributed by atoms with E-state index in [1.165, 1.54) is 7.11 Å². The quantitative estimate of drug-likeness (QED) is 0.785. The second kappa shape index (κ2) is 6.90. The first-order valence-electron chi connectivity index (χ1n) is 6.96. The average molecular weight is 287 g/mol. The lowest BCUT2D eigenvalue weighted by Crippen LogP contribution is -2.52. The van der Waals surface area contributed by atoms with Crippen molar-refractivity contribution in [2.45, 2.75) is 50.5 Å². The number of amides is 1. The van der Waals surface area contributed by atoms with E-state index in [1.807, 2.05) is 0 Å². The molecule has 3 unspecified atom stereocenters. The molecule has 7 nitrogen and oxygen atoms in total. The van der Waals surface area contributed by atoms with Crippen LogP contribution in [0.25, 0.3) is 0 Å². The number of carbonyl (C=O) groups is 2. The van der Waals surface area contributed by atoms with Crippen molar-refractivity contribution < 1.29 is 28.9 Å². The van der Waals surface area contributed by atoms with Crippen LogP contribution in [-0.2, 0) is 19.0 Å². The van der Waals surface area contributed by atoms with Crippen LogP contribution in [0.1, 0.15) is 32.1 Å². The number of ether oxygens (including phenoxy) is 3. The first kappa shape index (κ1) is 15.1. The highest BCUT2D eigenvalue weighted by Gasteiger charge is 2.38. The molecule has 1 N–H and O–H groups in total. The van der Waals surface area contributed by atoms with Gasteiger partial charge in [0, 0.05) is 19.6 Å². The Balaban J connectivity index is 1.93. The second-order valence-corrected chi connectivity index (χ2v) is 5.09. The van der Waals surface area contributed by atoms with Crippen LogP contribution in [0, 0.1) is 0 Å². The summed E-state index contributed by atoms with van der Waals surface area (Å²) in [5.41, 5.74) is 0. The van der Waals surface area contributed by atoms with Gasteiger partial charge in [-0.15, -0.1) is 0 Å². The van der Waals surface area contributed by atoms with Crippen LogP contribution in [0.15, 0.2) is 0 Å². The number of nitrogens with zero attached hydrogens (tertiary/aromatic N) is 1. The molecule has 2 fully saturated rings. The zero-order valence-corrected chi connectivity index (χ0v) is 11.6. The minimum atomic E-state index is -1.10. The van der Waals surface area contributed by atoms with Crippen molar-refractivity contribution in [3.05, 3.63) is 0 Å². The van der Waals surface area contributed by atoms with E-state index in [9.17, 15) is 9.59 Å². The highest BCUT2D eigenvalue weighted by atomic mass is 16.7. The topological polar surface area (TPSA) is 85.3 Å².